The van der Waals surface area contributed by atoms with Crippen LogP contribution in [-0.4, -0.2) is 11.0 Å². The number of thiophene rings is 1. The van der Waals surface area contributed by atoms with E-state index in [0.717, 1.165) is 13.0 Å². The molecule has 16 heavy (non-hydrogen) atoms. The molecule has 2 heterocycles. The fourth-order valence-electron chi connectivity index (χ4n) is 1.38. The zero-order chi connectivity index (χ0) is 11.4. The SMILES string of the molecule is CC(C)NCc1cnc(Cc2cccs2)s1. The molecule has 0 aromatic carbocycles. The van der Waals surface area contributed by atoms with E-state index in [4.69, 9.17) is 0 Å². The van der Waals surface area contributed by atoms with Gasteiger partial charge < -0.3 is 5.32 Å². The Labute approximate surface area is 104 Å². The van der Waals surface area contributed by atoms with Crippen molar-refractivity contribution >= 4 is 22.7 Å². The summed E-state index contributed by atoms with van der Waals surface area (Å²) < 4.78 is 0. The van der Waals surface area contributed by atoms with Gasteiger partial charge >= 0.3 is 0 Å². The Morgan fingerprint density at radius 2 is 2.25 bits per heavy atom. The van der Waals surface area contributed by atoms with Gasteiger partial charge in [-0.3, -0.25) is 0 Å². The molecule has 2 rings (SSSR count). The molecule has 2 aromatic rings. The van der Waals surface area contributed by atoms with Crippen molar-refractivity contribution in [2.75, 3.05) is 0 Å². The van der Waals surface area contributed by atoms with E-state index in [2.05, 4.69) is 41.7 Å². The highest BCUT2D eigenvalue weighted by atomic mass is 32.1. The molecule has 0 spiro atoms. The van der Waals surface area contributed by atoms with Crippen molar-refractivity contribution in [3.8, 4) is 0 Å². The Morgan fingerprint density at radius 3 is 2.94 bits per heavy atom. The number of nitrogens with one attached hydrogen (secondary N) is 1. The van der Waals surface area contributed by atoms with Gasteiger partial charge in [0.1, 0.15) is 0 Å². The van der Waals surface area contributed by atoms with Crippen molar-refractivity contribution in [1.82, 2.24) is 10.3 Å². The summed E-state index contributed by atoms with van der Waals surface area (Å²) in [5, 5.41) is 6.73. The van der Waals surface area contributed by atoms with Crippen LogP contribution < -0.4 is 5.32 Å². The third kappa shape index (κ3) is 3.40. The molecule has 0 unspecified atom stereocenters. The van der Waals surface area contributed by atoms with Crippen LogP contribution in [-0.2, 0) is 13.0 Å². The summed E-state index contributed by atoms with van der Waals surface area (Å²) in [6, 6.07) is 4.79. The maximum Gasteiger partial charge on any atom is 0.0980 e. The van der Waals surface area contributed by atoms with Gasteiger partial charge in [-0.25, -0.2) is 4.98 Å². The molecule has 0 aliphatic heterocycles. The van der Waals surface area contributed by atoms with E-state index in [1.54, 1.807) is 22.7 Å². The van der Waals surface area contributed by atoms with Gasteiger partial charge in [-0.15, -0.1) is 22.7 Å². The largest absolute Gasteiger partial charge is 0.310 e. The molecular weight excluding hydrogens is 236 g/mol. The molecule has 0 radical (unpaired) electrons. The zero-order valence-electron chi connectivity index (χ0n) is 9.56. The highest BCUT2D eigenvalue weighted by Gasteiger charge is 2.04. The normalized spacial score (nSPS) is 11.2. The van der Waals surface area contributed by atoms with Crippen LogP contribution in [0, 0.1) is 0 Å². The van der Waals surface area contributed by atoms with Crippen LogP contribution in [0.25, 0.3) is 0 Å². The smallest absolute Gasteiger partial charge is 0.0980 e. The molecule has 0 bridgehead atoms. The maximum absolute atomic E-state index is 4.45. The van der Waals surface area contributed by atoms with Gasteiger partial charge in [-0.05, 0) is 11.4 Å². The van der Waals surface area contributed by atoms with E-state index in [9.17, 15) is 0 Å². The number of nitrogens with zero attached hydrogens (tertiary/aromatic N) is 1. The Hall–Kier alpha value is -0.710. The molecule has 2 aromatic heterocycles. The van der Waals surface area contributed by atoms with Gasteiger partial charge in [-0.1, -0.05) is 19.9 Å². The van der Waals surface area contributed by atoms with Crippen LogP contribution in [0.4, 0.5) is 0 Å². The predicted octanol–water partition coefficient (Wildman–Crippen LogP) is 3.29. The highest BCUT2D eigenvalue weighted by Crippen LogP contribution is 2.19. The first-order valence-electron chi connectivity index (χ1n) is 5.43. The maximum atomic E-state index is 4.45. The first-order valence-corrected chi connectivity index (χ1v) is 7.13. The van der Waals surface area contributed by atoms with Gasteiger partial charge in [0, 0.05) is 35.0 Å². The van der Waals surface area contributed by atoms with Crippen molar-refractivity contribution < 1.29 is 0 Å². The van der Waals surface area contributed by atoms with E-state index in [1.807, 2.05) is 6.20 Å². The molecule has 0 amide bonds. The summed E-state index contributed by atoms with van der Waals surface area (Å²) in [6.07, 6.45) is 2.97. The summed E-state index contributed by atoms with van der Waals surface area (Å²) in [4.78, 5) is 7.16. The second-order valence-corrected chi connectivity index (χ2v) is 6.24. The Morgan fingerprint density at radius 1 is 1.38 bits per heavy atom. The molecule has 0 saturated heterocycles. The van der Waals surface area contributed by atoms with Crippen LogP contribution in [0.3, 0.4) is 0 Å². The molecule has 1 N–H and O–H groups in total. The van der Waals surface area contributed by atoms with Gasteiger partial charge in [0.05, 0.1) is 5.01 Å². The Bertz CT molecular complexity index is 418. The van der Waals surface area contributed by atoms with E-state index < -0.39 is 0 Å². The van der Waals surface area contributed by atoms with Crippen LogP contribution in [0.2, 0.25) is 0 Å². The quantitative estimate of drug-likeness (QED) is 0.883. The molecule has 86 valence electrons. The standard InChI is InChI=1S/C12H16N2S2/c1-9(2)13-7-11-8-14-12(16-11)6-10-4-3-5-15-10/h3-5,8-9,13H,6-7H2,1-2H3. The first-order chi connectivity index (χ1) is 7.74. The monoisotopic (exact) mass is 252 g/mol. The van der Waals surface area contributed by atoms with Gasteiger partial charge in [0.2, 0.25) is 0 Å². The van der Waals surface area contributed by atoms with Crippen molar-refractivity contribution in [2.24, 2.45) is 0 Å². The average molecular weight is 252 g/mol. The van der Waals surface area contributed by atoms with Gasteiger partial charge in [0.25, 0.3) is 0 Å². The van der Waals surface area contributed by atoms with Crippen LogP contribution in [0.15, 0.2) is 23.7 Å². The van der Waals surface area contributed by atoms with Crippen molar-refractivity contribution in [2.45, 2.75) is 32.9 Å². The zero-order valence-corrected chi connectivity index (χ0v) is 11.2. The second-order valence-electron chi connectivity index (χ2n) is 4.01. The molecule has 0 atom stereocenters. The summed E-state index contributed by atoms with van der Waals surface area (Å²) in [6.45, 7) is 5.25. The van der Waals surface area contributed by atoms with E-state index in [-0.39, 0.29) is 0 Å². The summed E-state index contributed by atoms with van der Waals surface area (Å²) in [7, 11) is 0. The van der Waals surface area contributed by atoms with Crippen molar-refractivity contribution in [3.63, 3.8) is 0 Å². The van der Waals surface area contributed by atoms with Crippen molar-refractivity contribution in [3.05, 3.63) is 38.5 Å². The Balaban J connectivity index is 1.92. The number of hydrogen-bond acceptors (Lipinski definition) is 4. The molecule has 0 saturated carbocycles. The van der Waals surface area contributed by atoms with E-state index in [0.29, 0.717) is 6.04 Å². The summed E-state index contributed by atoms with van der Waals surface area (Å²) in [5.74, 6) is 0. The van der Waals surface area contributed by atoms with Crippen LogP contribution >= 0.6 is 22.7 Å². The molecule has 0 aliphatic rings. The minimum Gasteiger partial charge on any atom is -0.310 e. The summed E-state index contributed by atoms with van der Waals surface area (Å²) in [5.41, 5.74) is 0. The lowest BCUT2D eigenvalue weighted by atomic mass is 10.3. The minimum atomic E-state index is 0.530. The predicted molar refractivity (Wildman–Crippen MR) is 71.2 cm³/mol. The molecule has 2 nitrogen and oxygen atoms in total. The van der Waals surface area contributed by atoms with Crippen LogP contribution in [0.1, 0.15) is 28.6 Å². The summed E-state index contributed by atoms with van der Waals surface area (Å²) >= 11 is 3.60. The minimum absolute atomic E-state index is 0.530. The fourth-order valence-corrected chi connectivity index (χ4v) is 3.08. The second kappa shape index (κ2) is 5.57. The molecular formula is C12H16N2S2. The van der Waals surface area contributed by atoms with Gasteiger partial charge in [-0.2, -0.15) is 0 Å². The highest BCUT2D eigenvalue weighted by molar-refractivity contribution is 7.12. The number of thiazole rings is 1. The lowest BCUT2D eigenvalue weighted by molar-refractivity contribution is 0.593. The lowest BCUT2D eigenvalue weighted by Crippen LogP contribution is -2.21. The molecule has 4 heteroatoms. The fraction of sp³-hybridized carbons (Fsp3) is 0.417. The number of aromatic nitrogens is 1. The third-order valence-electron chi connectivity index (χ3n) is 2.19. The third-order valence-corrected chi connectivity index (χ3v) is 4.07. The lowest BCUT2D eigenvalue weighted by Gasteiger charge is -2.04. The van der Waals surface area contributed by atoms with Gasteiger partial charge in [0.15, 0.2) is 0 Å². The topological polar surface area (TPSA) is 24.9 Å². The number of hydrogen-bond donors (Lipinski definition) is 1. The molecule has 0 fully saturated rings. The average Bonchev–Trinajstić information content (AvgIpc) is 2.87. The first kappa shape index (κ1) is 11.8. The molecule has 0 aliphatic carbocycles. The van der Waals surface area contributed by atoms with E-state index in [1.165, 1.54) is 14.8 Å². The van der Waals surface area contributed by atoms with E-state index >= 15 is 0 Å². The van der Waals surface area contributed by atoms with Crippen LogP contribution in [0.5, 0.6) is 0 Å². The number of rotatable bonds is 5. The van der Waals surface area contributed by atoms with Crippen molar-refractivity contribution in [1.29, 1.82) is 0 Å². The Kier molecular flexibility index (Phi) is 4.09.